The Morgan fingerprint density at radius 3 is 2.61 bits per heavy atom. The highest BCUT2D eigenvalue weighted by atomic mass is 19.1. The summed E-state index contributed by atoms with van der Waals surface area (Å²) in [4.78, 5) is 19.3. The van der Waals surface area contributed by atoms with Gasteiger partial charge in [0.15, 0.2) is 11.5 Å². The van der Waals surface area contributed by atoms with Gasteiger partial charge in [-0.05, 0) is 25.0 Å². The lowest BCUT2D eigenvalue weighted by Crippen LogP contribution is -2.06. The fourth-order valence-electron chi connectivity index (χ4n) is 2.56. The van der Waals surface area contributed by atoms with Crippen molar-refractivity contribution in [3.63, 3.8) is 0 Å². The van der Waals surface area contributed by atoms with Crippen LogP contribution in [-0.2, 0) is 11.2 Å². The van der Waals surface area contributed by atoms with Crippen LogP contribution in [0.2, 0.25) is 0 Å². The second-order valence-electron chi connectivity index (χ2n) is 5.63. The van der Waals surface area contributed by atoms with Crippen molar-refractivity contribution in [1.29, 1.82) is 0 Å². The third-order valence-corrected chi connectivity index (χ3v) is 3.83. The molecule has 0 spiro atoms. The molecule has 0 unspecified atom stereocenters. The van der Waals surface area contributed by atoms with E-state index in [-0.39, 0.29) is 18.1 Å². The van der Waals surface area contributed by atoms with Crippen molar-refractivity contribution in [2.45, 2.75) is 19.3 Å². The number of ketones is 1. The molecule has 7 heteroatoms. The number of hydrogen-bond acceptors (Lipinski definition) is 4. The number of carbonyl (C=O) groups excluding carboxylic acids is 1. The minimum atomic E-state index is -0.902. The number of nitrogens with zero attached hydrogens (tertiary/aromatic N) is 4. The Hall–Kier alpha value is -2.70. The highest BCUT2D eigenvalue weighted by molar-refractivity contribution is 5.84. The van der Waals surface area contributed by atoms with Gasteiger partial charge in [-0.15, -0.1) is 0 Å². The summed E-state index contributed by atoms with van der Waals surface area (Å²) in [5.41, 5.74) is 1.32. The van der Waals surface area contributed by atoms with Gasteiger partial charge in [0.05, 0.1) is 12.1 Å². The number of aromatic nitrogens is 4. The third-order valence-electron chi connectivity index (χ3n) is 3.83. The summed E-state index contributed by atoms with van der Waals surface area (Å²) in [6.07, 6.45) is 2.06. The Labute approximate surface area is 130 Å². The minimum absolute atomic E-state index is 0.142. The quantitative estimate of drug-likeness (QED) is 0.695. The SMILES string of the molecule is O=C(Cc1nc2cccc(-c3cc(F)nc(F)c3)n2n1)C1CC1. The minimum Gasteiger partial charge on any atom is -0.299 e. The summed E-state index contributed by atoms with van der Waals surface area (Å²) in [7, 11) is 0. The molecule has 23 heavy (non-hydrogen) atoms. The van der Waals surface area contributed by atoms with Crippen LogP contribution >= 0.6 is 0 Å². The fourth-order valence-corrected chi connectivity index (χ4v) is 2.56. The van der Waals surface area contributed by atoms with Gasteiger partial charge in [0.1, 0.15) is 5.78 Å². The lowest BCUT2D eigenvalue weighted by atomic mass is 10.2. The molecule has 4 rings (SSSR count). The Balaban J connectivity index is 1.77. The van der Waals surface area contributed by atoms with Crippen molar-refractivity contribution < 1.29 is 13.6 Å². The molecule has 0 amide bonds. The first-order valence-corrected chi connectivity index (χ1v) is 7.31. The zero-order valence-electron chi connectivity index (χ0n) is 12.0. The van der Waals surface area contributed by atoms with Gasteiger partial charge in [0, 0.05) is 23.6 Å². The number of hydrogen-bond donors (Lipinski definition) is 0. The molecule has 0 aromatic carbocycles. The molecular weight excluding hydrogens is 302 g/mol. The topological polar surface area (TPSA) is 60.2 Å². The van der Waals surface area contributed by atoms with Crippen LogP contribution in [0.25, 0.3) is 16.9 Å². The molecule has 116 valence electrons. The van der Waals surface area contributed by atoms with E-state index < -0.39 is 11.9 Å². The zero-order valence-corrected chi connectivity index (χ0v) is 12.0. The summed E-state index contributed by atoms with van der Waals surface area (Å²) in [6, 6.07) is 7.41. The molecule has 1 fully saturated rings. The number of carbonyl (C=O) groups is 1. The van der Waals surface area contributed by atoms with E-state index in [2.05, 4.69) is 15.1 Å². The molecular formula is C16H12F2N4O. The molecule has 0 aliphatic heterocycles. The molecule has 1 aliphatic carbocycles. The molecule has 0 saturated heterocycles. The normalized spacial score (nSPS) is 14.3. The number of pyridine rings is 2. The van der Waals surface area contributed by atoms with E-state index in [0.29, 0.717) is 22.7 Å². The van der Waals surface area contributed by atoms with Crippen LogP contribution in [0.3, 0.4) is 0 Å². The van der Waals surface area contributed by atoms with Gasteiger partial charge in [-0.3, -0.25) is 4.79 Å². The molecule has 0 N–H and O–H groups in total. The van der Waals surface area contributed by atoms with Gasteiger partial charge < -0.3 is 0 Å². The van der Waals surface area contributed by atoms with E-state index in [1.54, 1.807) is 18.2 Å². The molecule has 0 atom stereocenters. The third kappa shape index (κ3) is 2.69. The van der Waals surface area contributed by atoms with Gasteiger partial charge in [0.2, 0.25) is 11.9 Å². The molecule has 3 aromatic rings. The Kier molecular flexibility index (Phi) is 3.14. The molecule has 3 heterocycles. The van der Waals surface area contributed by atoms with Crippen LogP contribution in [0.15, 0.2) is 30.3 Å². The summed E-state index contributed by atoms with van der Waals surface area (Å²) < 4.78 is 28.2. The van der Waals surface area contributed by atoms with Crippen LogP contribution in [0.4, 0.5) is 8.78 Å². The highest BCUT2D eigenvalue weighted by Crippen LogP contribution is 2.30. The first-order chi connectivity index (χ1) is 11.1. The molecule has 3 aromatic heterocycles. The largest absolute Gasteiger partial charge is 0.299 e. The molecule has 0 bridgehead atoms. The maximum absolute atomic E-state index is 13.3. The van der Waals surface area contributed by atoms with E-state index in [0.717, 1.165) is 25.0 Å². The summed E-state index contributed by atoms with van der Waals surface area (Å²) in [5, 5.41) is 4.32. The second kappa shape index (κ2) is 5.19. The predicted octanol–water partition coefficient (Wildman–Crippen LogP) is 2.59. The average molecular weight is 314 g/mol. The number of rotatable bonds is 4. The van der Waals surface area contributed by atoms with Gasteiger partial charge in [-0.1, -0.05) is 6.07 Å². The van der Waals surface area contributed by atoms with Crippen molar-refractivity contribution in [2.75, 3.05) is 0 Å². The van der Waals surface area contributed by atoms with Crippen molar-refractivity contribution in [2.24, 2.45) is 5.92 Å². The standard InChI is InChI=1S/C16H12F2N4O/c17-13-6-10(7-14(18)19-13)11-2-1-3-16-20-15(21-22(11)16)8-12(23)9-4-5-9/h1-3,6-7,9H,4-5,8H2. The Morgan fingerprint density at radius 2 is 1.91 bits per heavy atom. The zero-order chi connectivity index (χ0) is 16.0. The van der Waals surface area contributed by atoms with Gasteiger partial charge in [0.25, 0.3) is 0 Å². The van der Waals surface area contributed by atoms with Gasteiger partial charge >= 0.3 is 0 Å². The van der Waals surface area contributed by atoms with Crippen LogP contribution < -0.4 is 0 Å². The second-order valence-corrected chi connectivity index (χ2v) is 5.63. The maximum atomic E-state index is 13.3. The van der Waals surface area contributed by atoms with E-state index in [1.807, 2.05) is 0 Å². The Morgan fingerprint density at radius 1 is 1.17 bits per heavy atom. The predicted molar refractivity (Wildman–Crippen MR) is 77.6 cm³/mol. The lowest BCUT2D eigenvalue weighted by Gasteiger charge is -2.04. The van der Waals surface area contributed by atoms with Crippen LogP contribution in [0.5, 0.6) is 0 Å². The Bertz CT molecular complexity index is 897. The summed E-state index contributed by atoms with van der Waals surface area (Å²) in [5.74, 6) is -1.10. The average Bonchev–Trinajstić information content (AvgIpc) is 3.26. The van der Waals surface area contributed by atoms with Crippen molar-refractivity contribution in [3.05, 3.63) is 48.1 Å². The van der Waals surface area contributed by atoms with Gasteiger partial charge in [-0.2, -0.15) is 18.9 Å². The summed E-state index contributed by atoms with van der Waals surface area (Å²) >= 11 is 0. The summed E-state index contributed by atoms with van der Waals surface area (Å²) in [6.45, 7) is 0. The number of fused-ring (bicyclic) bond motifs is 1. The van der Waals surface area contributed by atoms with E-state index in [1.165, 1.54) is 4.52 Å². The maximum Gasteiger partial charge on any atom is 0.216 e. The molecule has 1 saturated carbocycles. The van der Waals surface area contributed by atoms with Crippen LogP contribution in [0, 0.1) is 17.8 Å². The van der Waals surface area contributed by atoms with Crippen molar-refractivity contribution >= 4 is 11.4 Å². The number of Topliss-reactive ketones (excluding diaryl/α,β-unsaturated/α-hetero) is 1. The lowest BCUT2D eigenvalue weighted by molar-refractivity contribution is -0.119. The highest BCUT2D eigenvalue weighted by Gasteiger charge is 2.30. The molecule has 5 nitrogen and oxygen atoms in total. The van der Waals surface area contributed by atoms with E-state index >= 15 is 0 Å². The van der Waals surface area contributed by atoms with Crippen molar-refractivity contribution in [1.82, 2.24) is 19.6 Å². The molecule has 1 aliphatic rings. The first-order valence-electron chi connectivity index (χ1n) is 7.31. The van der Waals surface area contributed by atoms with Crippen molar-refractivity contribution in [3.8, 4) is 11.3 Å². The fraction of sp³-hybridized carbons (Fsp3) is 0.250. The molecule has 0 radical (unpaired) electrons. The van der Waals surface area contributed by atoms with Crippen LogP contribution in [-0.4, -0.2) is 25.4 Å². The number of halogens is 2. The smallest absolute Gasteiger partial charge is 0.216 e. The van der Waals surface area contributed by atoms with E-state index in [9.17, 15) is 13.6 Å². The monoisotopic (exact) mass is 314 g/mol. The van der Waals surface area contributed by atoms with Crippen LogP contribution in [0.1, 0.15) is 18.7 Å². The first kappa shape index (κ1) is 13.9. The van der Waals surface area contributed by atoms with E-state index in [4.69, 9.17) is 0 Å². The van der Waals surface area contributed by atoms with Gasteiger partial charge in [-0.25, -0.2) is 9.50 Å².